The van der Waals surface area contributed by atoms with E-state index in [-0.39, 0.29) is 0 Å². The molecule has 0 unspecified atom stereocenters. The van der Waals surface area contributed by atoms with E-state index in [0.29, 0.717) is 19.8 Å². The summed E-state index contributed by atoms with van der Waals surface area (Å²) in [5, 5.41) is 0. The fraction of sp³-hybridized carbons (Fsp3) is 0.784. The van der Waals surface area contributed by atoms with Crippen LogP contribution in [0.5, 0.6) is 23.0 Å². The van der Waals surface area contributed by atoms with Crippen LogP contribution in [0, 0.1) is 30.6 Å². The fourth-order valence-electron chi connectivity index (χ4n) is 10.8. The first-order valence-corrected chi connectivity index (χ1v) is 34.4. The molecule has 446 valence electrons. The summed E-state index contributed by atoms with van der Waals surface area (Å²) >= 11 is 0. The van der Waals surface area contributed by atoms with E-state index in [1.165, 1.54) is 283 Å². The van der Waals surface area contributed by atoms with Crippen LogP contribution in [0.3, 0.4) is 0 Å². The van der Waals surface area contributed by atoms with Gasteiger partial charge in [-0.2, -0.15) is 0 Å². The molecule has 0 radical (unpaired) electrons. The molecule has 0 saturated heterocycles. The Morgan fingerprint density at radius 1 is 0.244 bits per heavy atom. The highest BCUT2D eigenvalue weighted by Crippen LogP contribution is 2.32. The monoisotopic (exact) mass is 1080 g/mol. The smallest absolute Gasteiger partial charge is 0.136 e. The Balaban J connectivity index is 2.20. The zero-order chi connectivity index (χ0) is 55.9. The molecule has 0 heterocycles. The van der Waals surface area contributed by atoms with E-state index < -0.39 is 0 Å². The van der Waals surface area contributed by atoms with Crippen LogP contribution < -0.4 is 18.9 Å². The molecule has 0 aromatic heterocycles. The maximum absolute atomic E-state index is 6.66. The van der Waals surface area contributed by atoms with Crippen molar-refractivity contribution in [3.63, 3.8) is 0 Å². The lowest BCUT2D eigenvalue weighted by Crippen LogP contribution is -2.04. The predicted molar refractivity (Wildman–Crippen MR) is 342 cm³/mol. The van der Waals surface area contributed by atoms with Crippen molar-refractivity contribution in [1.29, 1.82) is 0 Å². The molecule has 0 amide bonds. The first-order chi connectivity index (χ1) is 38.6. The standard InChI is InChI=1S/C74H126O4/c1-7-12-16-20-24-28-32-36-40-44-48-52-59-75-71-64-69(72(63-67(71)6)76-60-53-49-45-41-37-33-29-25-21-17-13-8-2)57-58-70-66-73(77-61-54-50-46-42-38-34-30-26-22-18-14-9-3)68(56-11-5)65-74(70)78-62-55-51-47-43-39-35-31-27-23-19-15-10-4/h63-66H,7-10,12-55,59-62H2,1-6H3. The fourth-order valence-corrected chi connectivity index (χ4v) is 10.8. The average molecular weight is 1080 g/mol. The average Bonchev–Trinajstić information content (AvgIpc) is 3.47. The van der Waals surface area contributed by atoms with Crippen LogP contribution in [0.2, 0.25) is 0 Å². The Morgan fingerprint density at radius 3 is 0.679 bits per heavy atom. The minimum Gasteiger partial charge on any atom is -0.493 e. The third kappa shape index (κ3) is 40.0. The minimum atomic E-state index is 0.666. The number of hydrogen-bond acceptors (Lipinski definition) is 4. The highest BCUT2D eigenvalue weighted by atomic mass is 16.5. The molecular weight excluding hydrogens is 953 g/mol. The first kappa shape index (κ1) is 70.9. The van der Waals surface area contributed by atoms with Crippen molar-refractivity contribution in [2.24, 2.45) is 0 Å². The number of unbranched alkanes of at least 4 members (excludes halogenated alkanes) is 44. The SMILES string of the molecule is CC#Cc1cc(OCCCCCCCCCCCCCC)c(C#Cc2cc(OCCCCCCCCCCCCCC)c(C)cc2OCCCCCCCCCCCCCC)cc1OCCCCCCCCCCCCCC. The lowest BCUT2D eigenvalue weighted by molar-refractivity contribution is 0.294. The van der Waals surface area contributed by atoms with Gasteiger partial charge in [-0.3, -0.25) is 0 Å². The zero-order valence-corrected chi connectivity index (χ0v) is 52.7. The van der Waals surface area contributed by atoms with Crippen molar-refractivity contribution in [2.75, 3.05) is 26.4 Å². The molecule has 2 rings (SSSR count). The van der Waals surface area contributed by atoms with Gasteiger partial charge in [0.05, 0.1) is 43.1 Å². The zero-order valence-electron chi connectivity index (χ0n) is 52.7. The molecule has 0 N–H and O–H groups in total. The summed E-state index contributed by atoms with van der Waals surface area (Å²) in [5.74, 6) is 17.1. The van der Waals surface area contributed by atoms with Gasteiger partial charge in [-0.15, -0.1) is 5.92 Å². The van der Waals surface area contributed by atoms with Crippen molar-refractivity contribution in [3.05, 3.63) is 46.5 Å². The molecule has 4 heteroatoms. The van der Waals surface area contributed by atoms with E-state index >= 15 is 0 Å². The topological polar surface area (TPSA) is 36.9 Å². The molecule has 78 heavy (non-hydrogen) atoms. The number of hydrogen-bond donors (Lipinski definition) is 0. The number of rotatable bonds is 56. The van der Waals surface area contributed by atoms with E-state index in [2.05, 4.69) is 82.6 Å². The summed E-state index contributed by atoms with van der Waals surface area (Å²) in [6.07, 6.45) is 63.7. The van der Waals surface area contributed by atoms with Crippen molar-refractivity contribution in [1.82, 2.24) is 0 Å². The summed E-state index contributed by atoms with van der Waals surface area (Å²) in [7, 11) is 0. The maximum atomic E-state index is 6.66. The van der Waals surface area contributed by atoms with E-state index in [9.17, 15) is 0 Å². The Kier molecular flexibility index (Phi) is 49.4. The van der Waals surface area contributed by atoms with Crippen LogP contribution in [0.4, 0.5) is 0 Å². The van der Waals surface area contributed by atoms with Crippen LogP contribution in [0.25, 0.3) is 0 Å². The summed E-state index contributed by atoms with van der Waals surface area (Å²) in [6, 6.07) is 8.48. The van der Waals surface area contributed by atoms with Crippen LogP contribution in [0.15, 0.2) is 24.3 Å². The van der Waals surface area contributed by atoms with Gasteiger partial charge >= 0.3 is 0 Å². The van der Waals surface area contributed by atoms with Crippen LogP contribution in [-0.4, -0.2) is 26.4 Å². The molecule has 2 aromatic carbocycles. The Hall–Kier alpha value is -3.24. The Bertz CT molecular complexity index is 1770. The molecule has 0 aliphatic carbocycles. The summed E-state index contributed by atoms with van der Waals surface area (Å²) in [5.41, 5.74) is 3.69. The molecule has 0 saturated carbocycles. The highest BCUT2D eigenvalue weighted by molar-refractivity contribution is 5.61. The van der Waals surface area contributed by atoms with Crippen molar-refractivity contribution < 1.29 is 18.9 Å². The van der Waals surface area contributed by atoms with E-state index in [1.54, 1.807) is 0 Å². The van der Waals surface area contributed by atoms with Crippen LogP contribution >= 0.6 is 0 Å². The molecule has 0 aliphatic rings. The van der Waals surface area contributed by atoms with Gasteiger partial charge in [-0.25, -0.2) is 0 Å². The quantitative estimate of drug-likeness (QED) is 0.0489. The predicted octanol–water partition coefficient (Wildman–Crippen LogP) is 24.1. The third-order valence-corrected chi connectivity index (χ3v) is 16.0. The van der Waals surface area contributed by atoms with E-state index in [4.69, 9.17) is 18.9 Å². The second kappa shape index (κ2) is 54.4. The Morgan fingerprint density at radius 2 is 0.436 bits per heavy atom. The summed E-state index contributed by atoms with van der Waals surface area (Å²) < 4.78 is 26.4. The molecule has 0 fully saturated rings. The molecule has 4 nitrogen and oxygen atoms in total. The summed E-state index contributed by atoms with van der Waals surface area (Å²) in [6.45, 7) is 16.0. The van der Waals surface area contributed by atoms with Crippen molar-refractivity contribution in [3.8, 4) is 46.7 Å². The minimum absolute atomic E-state index is 0.666. The number of aryl methyl sites for hydroxylation is 1. The van der Waals surface area contributed by atoms with Crippen molar-refractivity contribution in [2.45, 2.75) is 350 Å². The van der Waals surface area contributed by atoms with Crippen molar-refractivity contribution >= 4 is 0 Å². The van der Waals surface area contributed by atoms with E-state index in [0.717, 1.165) is 77.5 Å². The molecule has 0 aliphatic heterocycles. The lowest BCUT2D eigenvalue weighted by atomic mass is 10.1. The van der Waals surface area contributed by atoms with Gasteiger partial charge in [0, 0.05) is 12.1 Å². The van der Waals surface area contributed by atoms with Gasteiger partial charge < -0.3 is 18.9 Å². The van der Waals surface area contributed by atoms with Gasteiger partial charge in [-0.1, -0.05) is 328 Å². The third-order valence-electron chi connectivity index (χ3n) is 16.0. The van der Waals surface area contributed by atoms with Gasteiger partial charge in [0.25, 0.3) is 0 Å². The van der Waals surface area contributed by atoms with Crippen LogP contribution in [0.1, 0.15) is 365 Å². The van der Waals surface area contributed by atoms with E-state index in [1.807, 2.05) is 6.92 Å². The van der Waals surface area contributed by atoms with Gasteiger partial charge in [0.2, 0.25) is 0 Å². The molecule has 0 bridgehead atoms. The molecular formula is C74H126O4. The lowest BCUT2D eigenvalue weighted by Gasteiger charge is -2.15. The maximum Gasteiger partial charge on any atom is 0.136 e. The second-order valence-electron chi connectivity index (χ2n) is 23.5. The number of ether oxygens (including phenoxy) is 4. The molecule has 2 aromatic rings. The normalized spacial score (nSPS) is 11.1. The molecule has 0 atom stereocenters. The summed E-state index contributed by atoms with van der Waals surface area (Å²) in [4.78, 5) is 0. The Labute approximate surface area is 486 Å². The van der Waals surface area contributed by atoms with Gasteiger partial charge in [-0.05, 0) is 57.2 Å². The van der Waals surface area contributed by atoms with Gasteiger partial charge in [0.15, 0.2) is 0 Å². The first-order valence-electron chi connectivity index (χ1n) is 34.4. The highest BCUT2D eigenvalue weighted by Gasteiger charge is 2.14. The largest absolute Gasteiger partial charge is 0.493 e. The molecule has 0 spiro atoms. The second-order valence-corrected chi connectivity index (χ2v) is 23.5. The number of benzene rings is 2. The van der Waals surface area contributed by atoms with Gasteiger partial charge in [0.1, 0.15) is 23.0 Å². The van der Waals surface area contributed by atoms with Crippen LogP contribution in [-0.2, 0) is 0 Å².